The number of hydrogen-bond acceptors (Lipinski definition) is 5. The first-order chi connectivity index (χ1) is 13.0. The number of carbonyl (C=O) groups excluding carboxylic acids is 1. The van der Waals surface area contributed by atoms with Crippen LogP contribution in [0.2, 0.25) is 0 Å². The van der Waals surface area contributed by atoms with Crippen LogP contribution >= 0.6 is 0 Å². The first-order valence-electron chi connectivity index (χ1n) is 9.70. The van der Waals surface area contributed by atoms with Crippen molar-refractivity contribution in [3.05, 3.63) is 30.1 Å². The number of fused-ring (bicyclic) bond motifs is 1. The second kappa shape index (κ2) is 7.22. The van der Waals surface area contributed by atoms with Crippen molar-refractivity contribution in [3.8, 4) is 0 Å². The van der Waals surface area contributed by atoms with Crippen molar-refractivity contribution >= 4 is 16.9 Å². The first-order valence-corrected chi connectivity index (χ1v) is 9.70. The van der Waals surface area contributed by atoms with Gasteiger partial charge in [0, 0.05) is 26.1 Å². The Morgan fingerprint density at radius 1 is 1.30 bits per heavy atom. The number of aliphatic hydroxyl groups is 2. The lowest BCUT2D eigenvalue weighted by Crippen LogP contribution is -2.60. The van der Waals surface area contributed by atoms with Crippen molar-refractivity contribution in [2.75, 3.05) is 19.7 Å². The number of piperidine rings is 1. The summed E-state index contributed by atoms with van der Waals surface area (Å²) < 4.78 is 7.93. The average molecular weight is 373 g/mol. The van der Waals surface area contributed by atoms with Gasteiger partial charge in [-0.15, -0.1) is 0 Å². The molecule has 2 saturated heterocycles. The highest BCUT2D eigenvalue weighted by Crippen LogP contribution is 2.35. The molecular weight excluding hydrogens is 346 g/mol. The molecule has 146 valence electrons. The van der Waals surface area contributed by atoms with E-state index in [1.165, 1.54) is 0 Å². The minimum absolute atomic E-state index is 0.105. The third kappa shape index (κ3) is 3.35. The number of aryl methyl sites for hydroxylation is 2. The van der Waals surface area contributed by atoms with E-state index in [4.69, 9.17) is 4.74 Å². The minimum Gasteiger partial charge on any atom is -0.390 e. The molecule has 2 N–H and O–H groups in total. The van der Waals surface area contributed by atoms with Crippen LogP contribution in [0.5, 0.6) is 0 Å². The molecule has 0 unspecified atom stereocenters. The largest absolute Gasteiger partial charge is 0.390 e. The highest BCUT2D eigenvalue weighted by Gasteiger charge is 2.47. The summed E-state index contributed by atoms with van der Waals surface area (Å²) in [5.74, 6) is 1.02. The van der Waals surface area contributed by atoms with Gasteiger partial charge >= 0.3 is 0 Å². The first kappa shape index (κ1) is 18.4. The van der Waals surface area contributed by atoms with Crippen LogP contribution in [0.3, 0.4) is 0 Å². The zero-order valence-electron chi connectivity index (χ0n) is 15.7. The molecule has 2 aliphatic heterocycles. The monoisotopic (exact) mass is 373 g/mol. The van der Waals surface area contributed by atoms with E-state index in [0.717, 1.165) is 16.9 Å². The van der Waals surface area contributed by atoms with E-state index < -0.39 is 17.8 Å². The fourth-order valence-corrected chi connectivity index (χ4v) is 4.40. The molecular formula is C20H27N3O4. The molecule has 27 heavy (non-hydrogen) atoms. The maximum absolute atomic E-state index is 12.7. The van der Waals surface area contributed by atoms with Crippen molar-refractivity contribution in [1.29, 1.82) is 0 Å². The van der Waals surface area contributed by atoms with Crippen molar-refractivity contribution in [2.24, 2.45) is 0 Å². The van der Waals surface area contributed by atoms with E-state index in [1.54, 1.807) is 0 Å². The third-order valence-electron chi connectivity index (χ3n) is 6.06. The number of carbonyl (C=O) groups is 1. The van der Waals surface area contributed by atoms with Gasteiger partial charge in [0.15, 0.2) is 0 Å². The van der Waals surface area contributed by atoms with E-state index in [9.17, 15) is 15.0 Å². The summed E-state index contributed by atoms with van der Waals surface area (Å²) in [6, 6.07) is 7.95. The summed E-state index contributed by atoms with van der Waals surface area (Å²) in [5, 5.41) is 20.3. The Morgan fingerprint density at radius 3 is 2.81 bits per heavy atom. The molecule has 0 radical (unpaired) electrons. The number of hydrogen-bond donors (Lipinski definition) is 2. The van der Waals surface area contributed by atoms with Gasteiger partial charge in [-0.05, 0) is 38.3 Å². The van der Waals surface area contributed by atoms with Crippen LogP contribution in [0.4, 0.5) is 0 Å². The molecule has 2 aliphatic rings. The fraction of sp³-hybridized carbons (Fsp3) is 0.600. The third-order valence-corrected chi connectivity index (χ3v) is 6.06. The molecule has 7 heteroatoms. The quantitative estimate of drug-likeness (QED) is 0.845. The lowest BCUT2D eigenvalue weighted by Gasteiger charge is -2.48. The van der Waals surface area contributed by atoms with E-state index in [-0.39, 0.29) is 5.91 Å². The van der Waals surface area contributed by atoms with Gasteiger partial charge in [0.25, 0.3) is 0 Å². The molecule has 2 aromatic rings. The van der Waals surface area contributed by atoms with Crippen molar-refractivity contribution in [3.63, 3.8) is 0 Å². The Balaban J connectivity index is 1.37. The van der Waals surface area contributed by atoms with Crippen LogP contribution in [0.15, 0.2) is 24.3 Å². The predicted octanol–water partition coefficient (Wildman–Crippen LogP) is 1.24. The van der Waals surface area contributed by atoms with Gasteiger partial charge in [-0.2, -0.15) is 0 Å². The Morgan fingerprint density at radius 2 is 2.04 bits per heavy atom. The summed E-state index contributed by atoms with van der Waals surface area (Å²) in [5.41, 5.74) is 1.29. The number of likely N-dealkylation sites (tertiary alicyclic amines) is 1. The molecule has 1 aromatic heterocycles. The molecule has 0 aliphatic carbocycles. The molecule has 3 heterocycles. The molecule has 2 fully saturated rings. The summed E-state index contributed by atoms with van der Waals surface area (Å²) in [6.45, 7) is 4.12. The Labute approximate surface area is 158 Å². The Hall–Kier alpha value is -1.96. The number of benzene rings is 1. The van der Waals surface area contributed by atoms with Crippen LogP contribution < -0.4 is 0 Å². The number of amides is 1. The van der Waals surface area contributed by atoms with Crippen LogP contribution in [0.25, 0.3) is 11.0 Å². The smallest absolute Gasteiger partial charge is 0.224 e. The second-order valence-electron chi connectivity index (χ2n) is 7.64. The number of imidazole rings is 1. The zero-order valence-corrected chi connectivity index (χ0v) is 15.7. The highest BCUT2D eigenvalue weighted by molar-refractivity contribution is 5.78. The van der Waals surface area contributed by atoms with Crippen molar-refractivity contribution in [2.45, 2.75) is 57.0 Å². The number of ether oxygens (including phenoxy) is 1. The van der Waals surface area contributed by atoms with Crippen LogP contribution in [-0.2, 0) is 16.1 Å². The van der Waals surface area contributed by atoms with Gasteiger partial charge in [-0.1, -0.05) is 12.1 Å². The molecule has 0 saturated carbocycles. The van der Waals surface area contributed by atoms with Gasteiger partial charge in [-0.3, -0.25) is 4.79 Å². The molecule has 1 amide bonds. The number of aromatic nitrogens is 2. The number of aliphatic hydroxyl groups excluding tert-OH is 2. The maximum Gasteiger partial charge on any atom is 0.224 e. The summed E-state index contributed by atoms with van der Waals surface area (Å²) in [4.78, 5) is 19.1. The van der Waals surface area contributed by atoms with Gasteiger partial charge in [0.2, 0.25) is 5.91 Å². The van der Waals surface area contributed by atoms with Crippen molar-refractivity contribution < 1.29 is 19.7 Å². The minimum atomic E-state index is -0.872. The normalized spacial score (nSPS) is 25.2. The van der Waals surface area contributed by atoms with E-state index in [1.807, 2.05) is 36.1 Å². The molecule has 7 nitrogen and oxygen atoms in total. The summed E-state index contributed by atoms with van der Waals surface area (Å²) >= 11 is 0. The lowest BCUT2D eigenvalue weighted by molar-refractivity contribution is -0.214. The van der Waals surface area contributed by atoms with Gasteiger partial charge < -0.3 is 24.4 Å². The predicted molar refractivity (Wildman–Crippen MR) is 100 cm³/mol. The number of rotatable bonds is 3. The van der Waals surface area contributed by atoms with E-state index in [2.05, 4.69) is 9.55 Å². The molecule has 2 atom stereocenters. The average Bonchev–Trinajstić information content (AvgIpc) is 3.00. The SMILES string of the molecule is Cc1nc2ccccc2n1CCC(=O)N1CCC2(CC1)OCC[C@H](O)[C@@H]2O. The summed E-state index contributed by atoms with van der Waals surface area (Å²) in [7, 11) is 0. The number of nitrogens with zero attached hydrogens (tertiary/aromatic N) is 3. The van der Waals surface area contributed by atoms with Gasteiger partial charge in [0.05, 0.1) is 29.3 Å². The summed E-state index contributed by atoms with van der Waals surface area (Å²) in [6.07, 6.45) is 0.389. The highest BCUT2D eigenvalue weighted by atomic mass is 16.5. The zero-order chi connectivity index (χ0) is 19.0. The standard InChI is InChI=1S/C20H27N3O4/c1-14-21-15-4-2-3-5-16(15)23(14)10-6-18(25)22-11-8-20(9-12-22)19(26)17(24)7-13-27-20/h2-5,17,19,24,26H,6-13H2,1H3/t17-,19-/m0/s1. The van der Waals surface area contributed by atoms with E-state index in [0.29, 0.717) is 51.9 Å². The molecule has 4 rings (SSSR count). The maximum atomic E-state index is 12.7. The molecule has 1 aromatic carbocycles. The Bertz CT molecular complexity index is 826. The second-order valence-corrected chi connectivity index (χ2v) is 7.64. The van der Waals surface area contributed by atoms with Crippen LogP contribution in [0.1, 0.15) is 31.5 Å². The van der Waals surface area contributed by atoms with Gasteiger partial charge in [-0.25, -0.2) is 4.98 Å². The van der Waals surface area contributed by atoms with E-state index >= 15 is 0 Å². The van der Waals surface area contributed by atoms with Gasteiger partial charge in [0.1, 0.15) is 11.9 Å². The topological polar surface area (TPSA) is 87.8 Å². The van der Waals surface area contributed by atoms with Crippen molar-refractivity contribution in [1.82, 2.24) is 14.5 Å². The lowest BCUT2D eigenvalue weighted by atomic mass is 9.80. The molecule has 0 bridgehead atoms. The van der Waals surface area contributed by atoms with Crippen LogP contribution in [-0.4, -0.2) is 68.1 Å². The van der Waals surface area contributed by atoms with Crippen LogP contribution in [0, 0.1) is 6.92 Å². The Kier molecular flexibility index (Phi) is 4.92. The molecule has 1 spiro atoms. The fourth-order valence-electron chi connectivity index (χ4n) is 4.40. The number of para-hydroxylation sites is 2.